The first-order chi connectivity index (χ1) is 16.9. The molecule has 0 N–H and O–H groups in total. The number of allylic oxidation sites excluding steroid dienone is 4. The zero-order valence-electron chi connectivity index (χ0n) is 21.1. The van der Waals surface area contributed by atoms with Crippen molar-refractivity contribution < 1.29 is 17.9 Å². The Labute approximate surface area is 209 Å². The molecule has 0 aromatic heterocycles. The Morgan fingerprint density at radius 3 is 2.11 bits per heavy atom. The van der Waals surface area contributed by atoms with Crippen molar-refractivity contribution in [2.45, 2.75) is 83.7 Å². The van der Waals surface area contributed by atoms with Crippen LogP contribution < -0.4 is 0 Å². The summed E-state index contributed by atoms with van der Waals surface area (Å²) in [5.74, 6) is 0.0685. The molecule has 0 aliphatic heterocycles. The highest BCUT2D eigenvalue weighted by Crippen LogP contribution is 2.39. The van der Waals surface area contributed by atoms with Gasteiger partial charge in [-0.05, 0) is 112 Å². The van der Waals surface area contributed by atoms with Crippen LogP contribution in [0.5, 0.6) is 0 Å². The van der Waals surface area contributed by atoms with Crippen LogP contribution >= 0.6 is 0 Å². The van der Waals surface area contributed by atoms with Crippen molar-refractivity contribution >= 4 is 0 Å². The van der Waals surface area contributed by atoms with Gasteiger partial charge in [-0.2, -0.15) is 8.78 Å². The number of aryl methyl sites for hydroxylation is 1. The molecule has 0 spiro atoms. The highest BCUT2D eigenvalue weighted by Gasteiger charge is 2.36. The Morgan fingerprint density at radius 2 is 1.49 bits per heavy atom. The summed E-state index contributed by atoms with van der Waals surface area (Å²) in [4.78, 5) is 0. The Balaban J connectivity index is 1.50. The van der Waals surface area contributed by atoms with E-state index < -0.39 is 17.5 Å². The van der Waals surface area contributed by atoms with Gasteiger partial charge < -0.3 is 4.74 Å². The third-order valence-corrected chi connectivity index (χ3v) is 7.13. The van der Waals surface area contributed by atoms with Crippen molar-refractivity contribution in [2.75, 3.05) is 6.61 Å². The lowest BCUT2D eigenvalue weighted by Gasteiger charge is -2.29. The van der Waals surface area contributed by atoms with E-state index in [1.54, 1.807) is 6.07 Å². The summed E-state index contributed by atoms with van der Waals surface area (Å²) in [6.45, 7) is 3.86. The number of benzene rings is 2. The molecule has 0 heterocycles. The Bertz CT molecular complexity index is 954. The quantitative estimate of drug-likeness (QED) is 0.273. The predicted molar refractivity (Wildman–Crippen MR) is 138 cm³/mol. The van der Waals surface area contributed by atoms with Crippen LogP contribution in [-0.2, 0) is 23.7 Å². The maximum Gasteiger partial charge on any atom is 0.386 e. The minimum Gasteiger partial charge on any atom is -0.316 e. The molecule has 190 valence electrons. The van der Waals surface area contributed by atoms with Gasteiger partial charge in [0.05, 0.1) is 12.2 Å². The van der Waals surface area contributed by atoms with Gasteiger partial charge in [0.1, 0.15) is 5.82 Å². The van der Waals surface area contributed by atoms with E-state index in [2.05, 4.69) is 18.2 Å². The summed E-state index contributed by atoms with van der Waals surface area (Å²) in [5.41, 5.74) is 2.28. The summed E-state index contributed by atoms with van der Waals surface area (Å²) < 4.78 is 48.9. The molecule has 0 bridgehead atoms. The van der Waals surface area contributed by atoms with E-state index in [4.69, 9.17) is 4.74 Å². The smallest absolute Gasteiger partial charge is 0.316 e. The summed E-state index contributed by atoms with van der Waals surface area (Å²) in [5, 5.41) is 0. The topological polar surface area (TPSA) is 9.23 Å². The van der Waals surface area contributed by atoms with E-state index in [0.29, 0.717) is 12.3 Å². The third-order valence-electron chi connectivity index (χ3n) is 7.13. The fraction of sp³-hybridized carbons (Fsp3) is 0.484. The lowest BCUT2D eigenvalue weighted by Crippen LogP contribution is -2.22. The van der Waals surface area contributed by atoms with Crippen molar-refractivity contribution in [1.82, 2.24) is 0 Å². The van der Waals surface area contributed by atoms with Crippen LogP contribution in [0.2, 0.25) is 0 Å². The molecule has 0 saturated heterocycles. The molecule has 2 aromatic rings. The average Bonchev–Trinajstić information content (AvgIpc) is 2.85. The summed E-state index contributed by atoms with van der Waals surface area (Å²) in [6.07, 6.45) is 13.5. The monoisotopic (exact) mass is 484 g/mol. The Hall–Kier alpha value is -2.33. The van der Waals surface area contributed by atoms with Gasteiger partial charge in [0.15, 0.2) is 0 Å². The molecular weight excluding hydrogens is 445 g/mol. The SMILES string of the molecule is C/C=C/CCc1ccc(CCOC(F)(F)c2ccc(C3CCC(CC/C=C/C)CC3)cc2F)cc1. The van der Waals surface area contributed by atoms with Gasteiger partial charge in [-0.15, -0.1) is 0 Å². The van der Waals surface area contributed by atoms with E-state index in [-0.39, 0.29) is 12.5 Å². The lowest BCUT2D eigenvalue weighted by atomic mass is 9.77. The van der Waals surface area contributed by atoms with E-state index in [9.17, 15) is 13.2 Å². The van der Waals surface area contributed by atoms with E-state index >= 15 is 0 Å². The molecule has 0 unspecified atom stereocenters. The summed E-state index contributed by atoms with van der Waals surface area (Å²) in [6, 6.07) is 12.1. The van der Waals surface area contributed by atoms with Gasteiger partial charge in [-0.1, -0.05) is 54.6 Å². The first-order valence-electron chi connectivity index (χ1n) is 13.0. The van der Waals surface area contributed by atoms with Crippen molar-refractivity contribution in [1.29, 1.82) is 0 Å². The first kappa shape index (κ1) is 27.3. The molecule has 1 aliphatic rings. The zero-order valence-corrected chi connectivity index (χ0v) is 21.1. The van der Waals surface area contributed by atoms with Crippen LogP contribution in [0.15, 0.2) is 66.8 Å². The van der Waals surface area contributed by atoms with E-state index in [1.165, 1.54) is 24.1 Å². The number of alkyl halides is 2. The van der Waals surface area contributed by atoms with Gasteiger partial charge in [0, 0.05) is 0 Å². The van der Waals surface area contributed by atoms with Crippen LogP contribution in [0.25, 0.3) is 0 Å². The Kier molecular flexibility index (Phi) is 10.7. The van der Waals surface area contributed by atoms with Crippen LogP contribution in [0, 0.1) is 11.7 Å². The van der Waals surface area contributed by atoms with Gasteiger partial charge in [0.25, 0.3) is 0 Å². The number of ether oxygens (including phenoxy) is 1. The number of halogens is 3. The zero-order chi connectivity index (χ0) is 25.1. The van der Waals surface area contributed by atoms with Gasteiger partial charge in [-0.25, -0.2) is 4.39 Å². The molecule has 1 fully saturated rings. The molecule has 2 aromatic carbocycles. The van der Waals surface area contributed by atoms with Crippen molar-refractivity contribution in [3.8, 4) is 0 Å². The highest BCUT2D eigenvalue weighted by atomic mass is 19.3. The molecular formula is C31H39F3O. The van der Waals surface area contributed by atoms with Crippen molar-refractivity contribution in [3.05, 3.63) is 94.8 Å². The number of hydrogen-bond acceptors (Lipinski definition) is 1. The molecule has 4 heteroatoms. The summed E-state index contributed by atoms with van der Waals surface area (Å²) in [7, 11) is 0. The van der Waals surface area contributed by atoms with Crippen LogP contribution in [0.3, 0.4) is 0 Å². The van der Waals surface area contributed by atoms with Crippen molar-refractivity contribution in [3.63, 3.8) is 0 Å². The molecule has 1 saturated carbocycles. The van der Waals surface area contributed by atoms with Crippen molar-refractivity contribution in [2.24, 2.45) is 5.92 Å². The highest BCUT2D eigenvalue weighted by molar-refractivity contribution is 5.29. The average molecular weight is 485 g/mol. The number of hydrogen-bond donors (Lipinski definition) is 0. The number of rotatable bonds is 12. The first-order valence-corrected chi connectivity index (χ1v) is 13.0. The van der Waals surface area contributed by atoms with Crippen LogP contribution in [0.1, 0.15) is 87.0 Å². The predicted octanol–water partition coefficient (Wildman–Crippen LogP) is 9.27. The van der Waals surface area contributed by atoms with Gasteiger partial charge >= 0.3 is 6.11 Å². The largest absolute Gasteiger partial charge is 0.386 e. The Morgan fingerprint density at radius 1 is 0.857 bits per heavy atom. The second-order valence-electron chi connectivity index (χ2n) is 9.64. The molecule has 0 amide bonds. The van der Waals surface area contributed by atoms with Gasteiger partial charge in [0.2, 0.25) is 0 Å². The molecule has 3 rings (SSSR count). The normalized spacial score (nSPS) is 19.1. The van der Waals surface area contributed by atoms with Gasteiger partial charge in [-0.3, -0.25) is 0 Å². The van der Waals surface area contributed by atoms with Crippen LogP contribution in [0.4, 0.5) is 13.2 Å². The minimum atomic E-state index is -3.65. The fourth-order valence-corrected chi connectivity index (χ4v) is 4.97. The maximum absolute atomic E-state index is 14.7. The minimum absolute atomic E-state index is 0.177. The fourth-order valence-electron chi connectivity index (χ4n) is 4.97. The maximum atomic E-state index is 14.7. The van der Waals surface area contributed by atoms with E-state index in [1.807, 2.05) is 44.2 Å². The standard InChI is InChI=1S/C31H39F3O/c1-3-5-7-9-24-11-13-26(14-12-24)21-22-35-31(33,34)29-20-19-28(23-30(29)32)27-17-15-25(16-18-27)10-8-6-4-2/h3-6,11-14,19-20,23,25,27H,7-10,15-18,21-22H2,1-2H3/b5-3+,6-4+. The third kappa shape index (κ3) is 8.38. The molecule has 1 nitrogen and oxygen atoms in total. The second-order valence-corrected chi connectivity index (χ2v) is 9.64. The molecule has 0 radical (unpaired) electrons. The lowest BCUT2D eigenvalue weighted by molar-refractivity contribution is -0.249. The summed E-state index contributed by atoms with van der Waals surface area (Å²) >= 11 is 0. The van der Waals surface area contributed by atoms with E-state index in [0.717, 1.165) is 56.1 Å². The molecule has 35 heavy (non-hydrogen) atoms. The second kappa shape index (κ2) is 13.7. The molecule has 1 aliphatic carbocycles. The van der Waals surface area contributed by atoms with Crippen LogP contribution in [-0.4, -0.2) is 6.61 Å². The molecule has 0 atom stereocenters.